The number of H-pyrrole nitrogens is 2. The molecule has 0 saturated carbocycles. The fourth-order valence-electron chi connectivity index (χ4n) is 3.65. The fourth-order valence-corrected chi connectivity index (χ4v) is 3.65. The van der Waals surface area contributed by atoms with Crippen LogP contribution in [0.15, 0.2) is 25.0 Å². The van der Waals surface area contributed by atoms with Crippen molar-refractivity contribution in [3.05, 3.63) is 36.4 Å². The van der Waals surface area contributed by atoms with Gasteiger partial charge in [-0.2, -0.15) is 0 Å². The molecule has 0 fully saturated rings. The van der Waals surface area contributed by atoms with Crippen molar-refractivity contribution < 1.29 is 43.8 Å². The first-order valence-electron chi connectivity index (χ1n) is 12.6. The molecule has 234 valence electrons. The molecular weight excluding hydrogens is 574 g/mol. The van der Waals surface area contributed by atoms with Gasteiger partial charge in [-0.1, -0.05) is 0 Å². The van der Waals surface area contributed by atoms with E-state index in [1.807, 2.05) is 5.32 Å². The lowest BCUT2D eigenvalue weighted by atomic mass is 10.1. The van der Waals surface area contributed by atoms with E-state index in [1.165, 1.54) is 25.0 Å². The zero-order valence-electron chi connectivity index (χ0n) is 22.6. The summed E-state index contributed by atoms with van der Waals surface area (Å²) in [6.45, 7) is -0.994. The second-order valence-corrected chi connectivity index (χ2v) is 9.27. The molecule has 0 spiro atoms. The van der Waals surface area contributed by atoms with E-state index in [2.05, 4.69) is 35.9 Å². The third kappa shape index (κ3) is 11.2. The Bertz CT molecular complexity index is 1280. The molecule has 6 amide bonds. The van der Waals surface area contributed by atoms with Crippen molar-refractivity contribution in [3.8, 4) is 0 Å². The Kier molecular flexibility index (Phi) is 12.7. The summed E-state index contributed by atoms with van der Waals surface area (Å²) in [4.78, 5) is 98.8. The van der Waals surface area contributed by atoms with Gasteiger partial charge in [0, 0.05) is 36.6 Å². The van der Waals surface area contributed by atoms with Gasteiger partial charge in [-0.25, -0.2) is 14.8 Å². The van der Waals surface area contributed by atoms with Crippen molar-refractivity contribution in [2.75, 3.05) is 6.61 Å². The molecule has 0 aliphatic rings. The van der Waals surface area contributed by atoms with Crippen molar-refractivity contribution in [2.45, 2.75) is 55.9 Å². The molecule has 43 heavy (non-hydrogen) atoms. The molecule has 2 aromatic rings. The van der Waals surface area contributed by atoms with Crippen LogP contribution in [0.1, 0.15) is 24.2 Å². The van der Waals surface area contributed by atoms with Gasteiger partial charge < -0.3 is 58.6 Å². The highest BCUT2D eigenvalue weighted by Crippen LogP contribution is 2.04. The number of carbonyl (C=O) groups is 7. The number of aromatic amines is 2. The molecular formula is C23H33N11O9. The van der Waals surface area contributed by atoms with E-state index in [1.54, 1.807) is 0 Å². The molecule has 0 bridgehead atoms. The van der Waals surface area contributed by atoms with E-state index in [9.17, 15) is 43.8 Å². The smallest absolute Gasteiger partial charge is 0.326 e. The number of amides is 6. The second-order valence-electron chi connectivity index (χ2n) is 9.27. The Morgan fingerprint density at radius 3 is 1.63 bits per heavy atom. The monoisotopic (exact) mass is 607 g/mol. The standard InChI is InChI=1S/C23H33N11O9/c24-12(1-10-5-27-8-29-10)19(38)31-13(2-11-6-28-9-30-11)20(39)34-16(7-35)22(41)32-14(3-17(25)36)21(40)33-15(23(42)43)4-18(26)37/h5-6,8-9,12-16,35H,1-4,7,24H2,(H2,25,36)(H2,26,37)(H,27,29)(H,28,30)(H,31,38)(H,32,41)(H,33,40)(H,34,39)(H,42,43)/t12-,13-,14-,15-,16-/m0/s1. The maximum absolute atomic E-state index is 13.2. The molecule has 2 rings (SSSR count). The fraction of sp³-hybridized carbons (Fsp3) is 0.435. The molecule has 0 unspecified atom stereocenters. The molecule has 20 nitrogen and oxygen atoms in total. The van der Waals surface area contributed by atoms with E-state index < -0.39 is 91.1 Å². The minimum atomic E-state index is -1.78. The molecule has 20 heteroatoms. The number of aliphatic hydroxyl groups excluding tert-OH is 1. The first-order chi connectivity index (χ1) is 20.3. The average Bonchev–Trinajstić information content (AvgIpc) is 3.64. The number of carboxylic acid groups (broad SMARTS) is 1. The lowest BCUT2D eigenvalue weighted by Crippen LogP contribution is -2.60. The highest BCUT2D eigenvalue weighted by atomic mass is 16.4. The summed E-state index contributed by atoms with van der Waals surface area (Å²) in [6, 6.07) is -7.66. The molecule has 2 heterocycles. The summed E-state index contributed by atoms with van der Waals surface area (Å²) in [5, 5.41) is 27.8. The highest BCUT2D eigenvalue weighted by molar-refractivity contribution is 5.97. The number of imidazole rings is 2. The number of aromatic nitrogens is 4. The molecule has 2 aromatic heterocycles. The van der Waals surface area contributed by atoms with E-state index >= 15 is 0 Å². The van der Waals surface area contributed by atoms with Gasteiger partial charge in [0.25, 0.3) is 0 Å². The van der Waals surface area contributed by atoms with Gasteiger partial charge in [-0.3, -0.25) is 28.8 Å². The van der Waals surface area contributed by atoms with Crippen molar-refractivity contribution in [2.24, 2.45) is 17.2 Å². The van der Waals surface area contributed by atoms with Gasteiger partial charge in [0.2, 0.25) is 35.4 Å². The number of hydrogen-bond acceptors (Lipinski definition) is 11. The van der Waals surface area contributed by atoms with Crippen LogP contribution in [0.2, 0.25) is 0 Å². The van der Waals surface area contributed by atoms with Crippen LogP contribution in [0.3, 0.4) is 0 Å². The van der Waals surface area contributed by atoms with Gasteiger partial charge >= 0.3 is 5.97 Å². The molecule has 5 atom stereocenters. The van der Waals surface area contributed by atoms with Gasteiger partial charge in [-0.15, -0.1) is 0 Å². The van der Waals surface area contributed by atoms with Crippen LogP contribution in [-0.2, 0) is 46.4 Å². The Morgan fingerprint density at radius 2 is 1.14 bits per heavy atom. The predicted octanol–water partition coefficient (Wildman–Crippen LogP) is -5.99. The van der Waals surface area contributed by atoms with Crippen molar-refractivity contribution in [3.63, 3.8) is 0 Å². The summed E-state index contributed by atoms with van der Waals surface area (Å²) in [7, 11) is 0. The molecule has 0 aliphatic heterocycles. The van der Waals surface area contributed by atoms with Crippen molar-refractivity contribution in [1.29, 1.82) is 0 Å². The van der Waals surface area contributed by atoms with Crippen LogP contribution in [0.25, 0.3) is 0 Å². The Hall–Kier alpha value is -5.37. The van der Waals surface area contributed by atoms with Gasteiger partial charge in [-0.05, 0) is 0 Å². The Balaban J connectivity index is 2.15. The van der Waals surface area contributed by atoms with E-state index in [0.717, 1.165) is 0 Å². The number of nitrogens with one attached hydrogen (secondary N) is 6. The number of primary amides is 2. The second kappa shape index (κ2) is 16.2. The molecule has 14 N–H and O–H groups in total. The van der Waals surface area contributed by atoms with Gasteiger partial charge in [0.1, 0.15) is 24.2 Å². The normalized spacial score (nSPS) is 14.3. The number of aliphatic hydroxyl groups is 1. The molecule has 0 aliphatic carbocycles. The number of nitrogens with two attached hydrogens (primary N) is 3. The van der Waals surface area contributed by atoms with Crippen LogP contribution < -0.4 is 38.5 Å². The van der Waals surface area contributed by atoms with E-state index in [-0.39, 0.29) is 12.8 Å². The minimum Gasteiger partial charge on any atom is -0.480 e. The first-order valence-corrected chi connectivity index (χ1v) is 12.6. The predicted molar refractivity (Wildman–Crippen MR) is 143 cm³/mol. The number of aliphatic carboxylic acids is 1. The zero-order valence-corrected chi connectivity index (χ0v) is 22.6. The number of hydrogen-bond donors (Lipinski definition) is 11. The average molecular weight is 608 g/mol. The number of carboxylic acids is 1. The van der Waals surface area contributed by atoms with Crippen LogP contribution in [0, 0.1) is 0 Å². The number of carbonyl (C=O) groups excluding carboxylic acids is 6. The van der Waals surface area contributed by atoms with Crippen LogP contribution >= 0.6 is 0 Å². The topological polar surface area (TPSA) is 343 Å². The summed E-state index contributed by atoms with van der Waals surface area (Å²) in [5.74, 6) is -7.77. The summed E-state index contributed by atoms with van der Waals surface area (Å²) in [5.41, 5.74) is 17.1. The maximum atomic E-state index is 13.2. The summed E-state index contributed by atoms with van der Waals surface area (Å²) < 4.78 is 0. The van der Waals surface area contributed by atoms with Gasteiger partial charge in [0.15, 0.2) is 0 Å². The summed E-state index contributed by atoms with van der Waals surface area (Å²) in [6.07, 6.45) is 3.94. The third-order valence-electron chi connectivity index (χ3n) is 5.82. The minimum absolute atomic E-state index is 0.0669. The Labute approximate surface area is 242 Å². The largest absolute Gasteiger partial charge is 0.480 e. The molecule has 0 aromatic carbocycles. The quantitative estimate of drug-likeness (QED) is 0.0754. The van der Waals surface area contributed by atoms with Crippen molar-refractivity contribution in [1.82, 2.24) is 41.2 Å². The van der Waals surface area contributed by atoms with Crippen molar-refractivity contribution >= 4 is 41.4 Å². The molecule has 0 radical (unpaired) electrons. The van der Waals surface area contributed by atoms with Crippen LogP contribution in [0.5, 0.6) is 0 Å². The van der Waals surface area contributed by atoms with Gasteiger partial charge in [0.05, 0.1) is 38.1 Å². The maximum Gasteiger partial charge on any atom is 0.326 e. The molecule has 0 saturated heterocycles. The van der Waals surface area contributed by atoms with E-state index in [0.29, 0.717) is 11.4 Å². The SMILES string of the molecule is NC(=O)C[C@H](NC(=O)[C@H](CC(N)=O)NC(=O)[C@H](CO)NC(=O)[C@H](Cc1cnc[nH]1)NC(=O)[C@@H](N)Cc1cnc[nH]1)C(=O)O. The zero-order chi connectivity index (χ0) is 32.1. The summed E-state index contributed by atoms with van der Waals surface area (Å²) >= 11 is 0. The van der Waals surface area contributed by atoms with Crippen LogP contribution in [0.4, 0.5) is 0 Å². The highest BCUT2D eigenvalue weighted by Gasteiger charge is 2.33. The number of rotatable bonds is 18. The van der Waals surface area contributed by atoms with E-state index in [4.69, 9.17) is 17.2 Å². The lowest BCUT2D eigenvalue weighted by molar-refractivity contribution is -0.144. The first kappa shape index (κ1) is 33.8. The Morgan fingerprint density at radius 1 is 0.698 bits per heavy atom. The third-order valence-corrected chi connectivity index (χ3v) is 5.82. The lowest BCUT2D eigenvalue weighted by Gasteiger charge is -2.25. The van der Waals surface area contributed by atoms with Crippen LogP contribution in [-0.4, -0.2) is 108 Å². The number of nitrogens with zero attached hydrogens (tertiary/aromatic N) is 2.